The zero-order chi connectivity index (χ0) is 15.5. The number of rotatable bonds is 4. The van der Waals surface area contributed by atoms with E-state index in [1.165, 1.54) is 15.3 Å². The number of piperidine rings is 1. The van der Waals surface area contributed by atoms with E-state index in [0.717, 1.165) is 37.2 Å². The zero-order valence-electron chi connectivity index (χ0n) is 12.9. The molecule has 0 unspecified atom stereocenters. The average molecular weight is 335 g/mol. The van der Waals surface area contributed by atoms with Gasteiger partial charge in [-0.25, -0.2) is 4.98 Å². The molecular formula is C16H21N3OS2. The van der Waals surface area contributed by atoms with Crippen LogP contribution in [-0.2, 0) is 6.42 Å². The van der Waals surface area contributed by atoms with Gasteiger partial charge in [0.25, 0.3) is 5.91 Å². The van der Waals surface area contributed by atoms with Crippen LogP contribution in [0.25, 0.3) is 0 Å². The molecule has 1 amide bonds. The van der Waals surface area contributed by atoms with E-state index in [4.69, 9.17) is 0 Å². The van der Waals surface area contributed by atoms with Gasteiger partial charge in [-0.15, -0.1) is 22.7 Å². The van der Waals surface area contributed by atoms with Crippen molar-refractivity contribution in [2.24, 2.45) is 0 Å². The molecule has 1 aliphatic heterocycles. The zero-order valence-corrected chi connectivity index (χ0v) is 14.6. The van der Waals surface area contributed by atoms with Crippen molar-refractivity contribution in [3.05, 3.63) is 32.5 Å². The van der Waals surface area contributed by atoms with Crippen molar-refractivity contribution in [1.82, 2.24) is 10.3 Å². The minimum Gasteiger partial charge on any atom is -0.317 e. The third-order valence-corrected chi connectivity index (χ3v) is 6.51. The van der Waals surface area contributed by atoms with Crippen LogP contribution in [0.5, 0.6) is 0 Å². The van der Waals surface area contributed by atoms with E-state index in [1.54, 1.807) is 22.7 Å². The van der Waals surface area contributed by atoms with Gasteiger partial charge in [0.05, 0.1) is 4.88 Å². The van der Waals surface area contributed by atoms with Crippen LogP contribution in [0.15, 0.2) is 12.3 Å². The van der Waals surface area contributed by atoms with Crippen LogP contribution in [0.1, 0.15) is 50.7 Å². The highest BCUT2D eigenvalue weighted by atomic mass is 32.1. The summed E-state index contributed by atoms with van der Waals surface area (Å²) in [5.41, 5.74) is 1.20. The van der Waals surface area contributed by atoms with Crippen LogP contribution in [0.3, 0.4) is 0 Å². The summed E-state index contributed by atoms with van der Waals surface area (Å²) in [6.07, 6.45) is 5.20. The molecule has 1 aliphatic rings. The smallest absolute Gasteiger partial charge is 0.267 e. The lowest BCUT2D eigenvalue weighted by molar-refractivity contribution is 0.103. The third-order valence-electron chi connectivity index (χ3n) is 4.05. The molecule has 0 bridgehead atoms. The Kier molecular flexibility index (Phi) is 4.90. The molecule has 6 heteroatoms. The Hall–Kier alpha value is -1.24. The fourth-order valence-corrected chi connectivity index (χ4v) is 4.77. The number of nitrogens with one attached hydrogen (secondary N) is 2. The van der Waals surface area contributed by atoms with Crippen LogP contribution >= 0.6 is 22.7 Å². The first-order valence-corrected chi connectivity index (χ1v) is 9.37. The molecule has 1 fully saturated rings. The van der Waals surface area contributed by atoms with Crippen molar-refractivity contribution in [2.45, 2.75) is 39.0 Å². The molecular weight excluding hydrogens is 314 g/mol. The largest absolute Gasteiger partial charge is 0.317 e. The minimum atomic E-state index is -0.0426. The van der Waals surface area contributed by atoms with Crippen LogP contribution in [0.2, 0.25) is 0 Å². The molecule has 1 saturated heterocycles. The molecule has 2 N–H and O–H groups in total. The van der Waals surface area contributed by atoms with Crippen molar-refractivity contribution in [2.75, 3.05) is 18.4 Å². The number of thiophene rings is 1. The van der Waals surface area contributed by atoms with E-state index >= 15 is 0 Å². The van der Waals surface area contributed by atoms with Crippen molar-refractivity contribution in [3.8, 4) is 0 Å². The summed E-state index contributed by atoms with van der Waals surface area (Å²) in [7, 11) is 0. The molecule has 0 atom stereocenters. The lowest BCUT2D eigenvalue weighted by Crippen LogP contribution is -2.26. The van der Waals surface area contributed by atoms with Crippen molar-refractivity contribution in [1.29, 1.82) is 0 Å². The number of hydrogen-bond donors (Lipinski definition) is 2. The minimum absolute atomic E-state index is 0.0426. The van der Waals surface area contributed by atoms with Gasteiger partial charge in [-0.2, -0.15) is 0 Å². The van der Waals surface area contributed by atoms with Gasteiger partial charge in [0.2, 0.25) is 0 Å². The Morgan fingerprint density at radius 3 is 2.86 bits per heavy atom. The molecule has 118 valence electrons. The van der Waals surface area contributed by atoms with Gasteiger partial charge in [0, 0.05) is 16.0 Å². The number of hydrogen-bond acceptors (Lipinski definition) is 5. The SMILES string of the molecule is CCc1sc(C(=O)Nc2ncc(C3CCNCC3)s2)cc1C. The number of aryl methyl sites for hydroxylation is 2. The predicted octanol–water partition coefficient (Wildman–Crippen LogP) is 3.79. The maximum atomic E-state index is 12.3. The van der Waals surface area contributed by atoms with Gasteiger partial charge >= 0.3 is 0 Å². The van der Waals surface area contributed by atoms with Gasteiger partial charge in [-0.1, -0.05) is 6.92 Å². The molecule has 2 aromatic rings. The van der Waals surface area contributed by atoms with E-state index in [9.17, 15) is 4.79 Å². The highest BCUT2D eigenvalue weighted by molar-refractivity contribution is 7.16. The summed E-state index contributed by atoms with van der Waals surface area (Å²) in [6.45, 7) is 6.31. The number of carbonyl (C=O) groups is 1. The quantitative estimate of drug-likeness (QED) is 0.894. The van der Waals surface area contributed by atoms with Gasteiger partial charge in [-0.05, 0) is 56.8 Å². The van der Waals surface area contributed by atoms with Crippen LogP contribution in [0.4, 0.5) is 5.13 Å². The number of anilines is 1. The van der Waals surface area contributed by atoms with E-state index in [1.807, 2.05) is 12.3 Å². The molecule has 0 aromatic carbocycles. The van der Waals surface area contributed by atoms with Gasteiger partial charge in [0.15, 0.2) is 5.13 Å². The molecule has 22 heavy (non-hydrogen) atoms. The number of thiazole rings is 1. The Labute approximate surface area is 139 Å². The molecule has 0 aliphatic carbocycles. The van der Waals surface area contributed by atoms with Crippen LogP contribution in [0, 0.1) is 6.92 Å². The predicted molar refractivity (Wildman–Crippen MR) is 93.3 cm³/mol. The summed E-state index contributed by atoms with van der Waals surface area (Å²) < 4.78 is 0. The lowest BCUT2D eigenvalue weighted by Gasteiger charge is -2.20. The molecule has 2 aromatic heterocycles. The first-order chi connectivity index (χ1) is 10.7. The van der Waals surface area contributed by atoms with E-state index < -0.39 is 0 Å². The second-order valence-electron chi connectivity index (χ2n) is 5.62. The van der Waals surface area contributed by atoms with Crippen LogP contribution in [-0.4, -0.2) is 24.0 Å². The summed E-state index contributed by atoms with van der Waals surface area (Å²) in [6, 6.07) is 1.97. The van der Waals surface area contributed by atoms with Crippen molar-refractivity contribution >= 4 is 33.7 Å². The fourth-order valence-electron chi connectivity index (χ4n) is 2.78. The topological polar surface area (TPSA) is 54.0 Å². The van der Waals surface area contributed by atoms with Crippen LogP contribution < -0.4 is 10.6 Å². The summed E-state index contributed by atoms with van der Waals surface area (Å²) in [5.74, 6) is 0.541. The fraction of sp³-hybridized carbons (Fsp3) is 0.500. The van der Waals surface area contributed by atoms with Gasteiger partial charge < -0.3 is 5.32 Å². The standard InChI is InChI=1S/C16H21N3OS2/c1-3-12-10(2)8-13(21-12)15(20)19-16-18-9-14(22-16)11-4-6-17-7-5-11/h8-9,11,17H,3-7H2,1-2H3,(H,18,19,20). The number of aromatic nitrogens is 1. The highest BCUT2D eigenvalue weighted by Crippen LogP contribution is 2.32. The third kappa shape index (κ3) is 3.39. The second-order valence-corrected chi connectivity index (χ2v) is 7.82. The first kappa shape index (κ1) is 15.6. The molecule has 0 saturated carbocycles. The van der Waals surface area contributed by atoms with E-state index in [2.05, 4.69) is 29.5 Å². The first-order valence-electron chi connectivity index (χ1n) is 7.74. The Morgan fingerprint density at radius 2 is 2.18 bits per heavy atom. The van der Waals surface area contributed by atoms with E-state index in [0.29, 0.717) is 11.0 Å². The molecule has 4 nitrogen and oxygen atoms in total. The molecule has 3 rings (SSSR count). The maximum absolute atomic E-state index is 12.3. The summed E-state index contributed by atoms with van der Waals surface area (Å²) >= 11 is 3.19. The highest BCUT2D eigenvalue weighted by Gasteiger charge is 2.19. The Bertz CT molecular complexity index is 656. The van der Waals surface area contributed by atoms with E-state index in [-0.39, 0.29) is 5.91 Å². The normalized spacial score (nSPS) is 15.9. The Morgan fingerprint density at radius 1 is 1.41 bits per heavy atom. The lowest BCUT2D eigenvalue weighted by atomic mass is 9.97. The van der Waals surface area contributed by atoms with Gasteiger partial charge in [-0.3, -0.25) is 10.1 Å². The van der Waals surface area contributed by atoms with Crippen molar-refractivity contribution in [3.63, 3.8) is 0 Å². The number of nitrogens with zero attached hydrogens (tertiary/aromatic N) is 1. The van der Waals surface area contributed by atoms with Crippen molar-refractivity contribution < 1.29 is 4.79 Å². The molecule has 3 heterocycles. The number of carbonyl (C=O) groups excluding carboxylic acids is 1. The maximum Gasteiger partial charge on any atom is 0.267 e. The summed E-state index contributed by atoms with van der Waals surface area (Å²) in [4.78, 5) is 20.0. The summed E-state index contributed by atoms with van der Waals surface area (Å²) in [5, 5.41) is 7.03. The second kappa shape index (κ2) is 6.89. The number of amides is 1. The average Bonchev–Trinajstić information content (AvgIpc) is 3.14. The molecule has 0 spiro atoms. The Balaban J connectivity index is 1.67. The monoisotopic (exact) mass is 335 g/mol. The molecule has 0 radical (unpaired) electrons. The van der Waals surface area contributed by atoms with Gasteiger partial charge in [0.1, 0.15) is 0 Å².